The quantitative estimate of drug-likeness (QED) is 0.556. The van der Waals surface area contributed by atoms with Crippen molar-refractivity contribution >= 4 is 40.9 Å². The van der Waals surface area contributed by atoms with E-state index in [4.69, 9.17) is 0 Å². The van der Waals surface area contributed by atoms with E-state index < -0.39 is 17.6 Å². The molecule has 7 nitrogen and oxygen atoms in total. The van der Waals surface area contributed by atoms with Crippen LogP contribution in [0.4, 0.5) is 21.5 Å². The Labute approximate surface area is 189 Å². The maximum Gasteiger partial charge on any atom is 0.274 e. The number of benzene rings is 2. The van der Waals surface area contributed by atoms with Gasteiger partial charge >= 0.3 is 0 Å². The van der Waals surface area contributed by atoms with Gasteiger partial charge in [-0.1, -0.05) is 18.2 Å². The van der Waals surface area contributed by atoms with Crippen molar-refractivity contribution in [1.29, 1.82) is 0 Å². The molecule has 1 aromatic heterocycles. The lowest BCUT2D eigenvalue weighted by Crippen LogP contribution is -2.23. The van der Waals surface area contributed by atoms with Gasteiger partial charge in [0.15, 0.2) is 0 Å². The summed E-state index contributed by atoms with van der Waals surface area (Å²) < 4.78 is 13.8. The van der Waals surface area contributed by atoms with Crippen LogP contribution in [0.1, 0.15) is 28.9 Å². The number of aromatic nitrogens is 1. The zero-order chi connectivity index (χ0) is 23.2. The number of hydrogen-bond donors (Lipinski definition) is 2. The molecule has 2 heterocycles. The van der Waals surface area contributed by atoms with Crippen LogP contribution in [0.2, 0.25) is 0 Å². The molecular formula is C25H21FN4O3. The van der Waals surface area contributed by atoms with Crippen molar-refractivity contribution in [3.63, 3.8) is 0 Å². The molecule has 0 aliphatic carbocycles. The first kappa shape index (κ1) is 21.9. The number of halogens is 1. The highest BCUT2D eigenvalue weighted by atomic mass is 19.1. The number of nitrogens with zero attached hydrogens (tertiary/aromatic N) is 2. The molecule has 8 heteroatoms. The van der Waals surface area contributed by atoms with E-state index in [1.54, 1.807) is 29.2 Å². The molecule has 0 unspecified atom stereocenters. The fourth-order valence-electron chi connectivity index (χ4n) is 3.45. The predicted molar refractivity (Wildman–Crippen MR) is 124 cm³/mol. The van der Waals surface area contributed by atoms with Crippen LogP contribution in [0.3, 0.4) is 0 Å². The van der Waals surface area contributed by atoms with E-state index in [0.29, 0.717) is 13.0 Å². The van der Waals surface area contributed by atoms with Crippen LogP contribution in [-0.4, -0.2) is 29.3 Å². The van der Waals surface area contributed by atoms with Crippen molar-refractivity contribution in [3.8, 4) is 0 Å². The second kappa shape index (κ2) is 9.86. The van der Waals surface area contributed by atoms with E-state index >= 15 is 0 Å². The smallest absolute Gasteiger partial charge is 0.274 e. The molecule has 1 saturated heterocycles. The summed E-state index contributed by atoms with van der Waals surface area (Å²) >= 11 is 0. The number of nitrogens with one attached hydrogen (secondary N) is 2. The average molecular weight is 444 g/mol. The minimum absolute atomic E-state index is 0.110. The summed E-state index contributed by atoms with van der Waals surface area (Å²) in [4.78, 5) is 42.4. The highest BCUT2D eigenvalue weighted by Gasteiger charge is 2.21. The topological polar surface area (TPSA) is 91.4 Å². The molecule has 1 fully saturated rings. The van der Waals surface area contributed by atoms with E-state index in [1.807, 2.05) is 24.3 Å². The van der Waals surface area contributed by atoms with Crippen LogP contribution in [0.15, 0.2) is 72.9 Å². The van der Waals surface area contributed by atoms with Gasteiger partial charge in [-0.25, -0.2) is 4.39 Å². The Hall–Kier alpha value is -4.33. The van der Waals surface area contributed by atoms with Crippen LogP contribution >= 0.6 is 0 Å². The van der Waals surface area contributed by atoms with Gasteiger partial charge in [-0.15, -0.1) is 0 Å². The first-order chi connectivity index (χ1) is 16.0. The lowest BCUT2D eigenvalue weighted by atomic mass is 10.2. The fourth-order valence-corrected chi connectivity index (χ4v) is 3.45. The number of carbonyl (C=O) groups is 3. The first-order valence-electron chi connectivity index (χ1n) is 10.4. The number of pyridine rings is 1. The third kappa shape index (κ3) is 5.48. The zero-order valence-electron chi connectivity index (χ0n) is 17.6. The molecule has 1 aliphatic rings. The number of carbonyl (C=O) groups excluding carboxylic acids is 3. The molecular weight excluding hydrogens is 423 g/mol. The van der Waals surface area contributed by atoms with Gasteiger partial charge in [-0.3, -0.25) is 19.4 Å². The van der Waals surface area contributed by atoms with Gasteiger partial charge in [0.05, 0.1) is 11.4 Å². The maximum absolute atomic E-state index is 13.8. The molecule has 1 aliphatic heterocycles. The monoisotopic (exact) mass is 444 g/mol. The summed E-state index contributed by atoms with van der Waals surface area (Å²) in [7, 11) is 0. The average Bonchev–Trinajstić information content (AvgIpc) is 3.26. The Balaban J connectivity index is 1.42. The summed E-state index contributed by atoms with van der Waals surface area (Å²) in [5, 5.41) is 5.22. The molecule has 2 aromatic carbocycles. The van der Waals surface area contributed by atoms with Gasteiger partial charge < -0.3 is 15.5 Å². The molecule has 0 radical (unpaired) electrons. The summed E-state index contributed by atoms with van der Waals surface area (Å²) in [6, 6.07) is 15.9. The molecule has 3 amide bonds. The summed E-state index contributed by atoms with van der Waals surface area (Å²) in [6.07, 6.45) is 5.82. The Bertz CT molecular complexity index is 1210. The molecule has 0 saturated carbocycles. The van der Waals surface area contributed by atoms with E-state index in [1.165, 1.54) is 24.4 Å². The van der Waals surface area contributed by atoms with Gasteiger partial charge in [0, 0.05) is 30.9 Å². The Morgan fingerprint density at radius 1 is 1.00 bits per heavy atom. The van der Waals surface area contributed by atoms with Crippen molar-refractivity contribution in [3.05, 3.63) is 90.0 Å². The highest BCUT2D eigenvalue weighted by molar-refractivity contribution is 6.08. The maximum atomic E-state index is 13.8. The van der Waals surface area contributed by atoms with Crippen molar-refractivity contribution in [2.75, 3.05) is 22.1 Å². The van der Waals surface area contributed by atoms with Crippen molar-refractivity contribution in [2.45, 2.75) is 12.8 Å². The summed E-state index contributed by atoms with van der Waals surface area (Å²) in [5.41, 5.74) is 2.15. The van der Waals surface area contributed by atoms with Gasteiger partial charge in [0.1, 0.15) is 11.5 Å². The molecule has 0 spiro atoms. The summed E-state index contributed by atoms with van der Waals surface area (Å²) in [5.74, 6) is -1.42. The van der Waals surface area contributed by atoms with Crippen LogP contribution in [0, 0.1) is 5.82 Å². The molecule has 0 bridgehead atoms. The van der Waals surface area contributed by atoms with Crippen LogP contribution in [0.25, 0.3) is 6.08 Å². The third-order valence-electron chi connectivity index (χ3n) is 5.09. The van der Waals surface area contributed by atoms with Crippen molar-refractivity contribution < 1.29 is 18.8 Å². The first-order valence-corrected chi connectivity index (χ1v) is 10.4. The zero-order valence-corrected chi connectivity index (χ0v) is 17.6. The molecule has 166 valence electrons. The van der Waals surface area contributed by atoms with Gasteiger partial charge in [0.2, 0.25) is 11.8 Å². The van der Waals surface area contributed by atoms with Crippen LogP contribution in [0.5, 0.6) is 0 Å². The van der Waals surface area contributed by atoms with E-state index in [9.17, 15) is 18.8 Å². The molecule has 0 atom stereocenters. The van der Waals surface area contributed by atoms with E-state index in [2.05, 4.69) is 15.6 Å². The van der Waals surface area contributed by atoms with Gasteiger partial charge in [0.25, 0.3) is 5.91 Å². The van der Waals surface area contributed by atoms with Gasteiger partial charge in [-0.05, 0) is 60.5 Å². The number of anilines is 3. The lowest BCUT2D eigenvalue weighted by molar-refractivity contribution is -0.117. The molecule has 4 rings (SSSR count). The minimum Gasteiger partial charge on any atom is -0.321 e. The Morgan fingerprint density at radius 2 is 1.82 bits per heavy atom. The van der Waals surface area contributed by atoms with Crippen LogP contribution in [-0.2, 0) is 9.59 Å². The Morgan fingerprint density at radius 3 is 2.52 bits per heavy atom. The largest absolute Gasteiger partial charge is 0.321 e. The number of amides is 3. The number of hydrogen-bond acceptors (Lipinski definition) is 4. The molecule has 33 heavy (non-hydrogen) atoms. The highest BCUT2D eigenvalue weighted by Crippen LogP contribution is 2.24. The predicted octanol–water partition coefficient (Wildman–Crippen LogP) is 4.25. The van der Waals surface area contributed by atoms with E-state index in [-0.39, 0.29) is 23.0 Å². The van der Waals surface area contributed by atoms with Crippen molar-refractivity contribution in [2.24, 2.45) is 0 Å². The minimum atomic E-state index is -0.558. The Kier molecular flexibility index (Phi) is 6.54. The van der Waals surface area contributed by atoms with Gasteiger partial charge in [-0.2, -0.15) is 0 Å². The van der Waals surface area contributed by atoms with Crippen molar-refractivity contribution in [1.82, 2.24) is 4.98 Å². The molecule has 3 aromatic rings. The standard InChI is InChI=1S/C25H21FN4O3/c26-18-9-12-20(29-25(33)21-4-1-2-14-27-21)22(16-18)28-23(31)13-8-17-6-10-19(11-7-17)30-15-3-5-24(30)32/h1-2,4,6-14,16H,3,5,15H2,(H,28,31)(H,29,33)/b13-8+. The van der Waals surface area contributed by atoms with Crippen LogP contribution < -0.4 is 15.5 Å². The molecule has 2 N–H and O–H groups in total. The summed E-state index contributed by atoms with van der Waals surface area (Å²) in [6.45, 7) is 0.712. The van der Waals surface area contributed by atoms with E-state index in [0.717, 1.165) is 23.7 Å². The third-order valence-corrected chi connectivity index (χ3v) is 5.09. The number of rotatable bonds is 6. The fraction of sp³-hybridized carbons (Fsp3) is 0.120. The normalized spacial score (nSPS) is 13.4. The second-order valence-electron chi connectivity index (χ2n) is 7.42. The second-order valence-corrected chi connectivity index (χ2v) is 7.42. The SMILES string of the molecule is O=C(/C=C/c1ccc(N2CCCC2=O)cc1)Nc1cc(F)ccc1NC(=O)c1ccccn1. The lowest BCUT2D eigenvalue weighted by Gasteiger charge is -2.15.